The number of anilines is 1. The van der Waals surface area contributed by atoms with Gasteiger partial charge in [0.25, 0.3) is 0 Å². The first-order valence-corrected chi connectivity index (χ1v) is 15.3. The van der Waals surface area contributed by atoms with Crippen LogP contribution in [0.5, 0.6) is 5.75 Å². The molecule has 1 aromatic heterocycles. The summed E-state index contributed by atoms with van der Waals surface area (Å²) < 4.78 is 6.26. The standard InChI is InChI=1S/C30H39N7O4S/c1-4-6-14-32-30(40)35(15-5-2)36-19-26(38)37-23(16-20-10-12-22(41-3)13-11-20)28(39)34(18-25(36)37)17-21-8-7-9-24-27(21)33-29(31)42-24/h7-13,23,25H,4-6,14-19H2,1-3H3,(H2,31,33)(H,32,40)/t23-,25+/m0/s1. The SMILES string of the molecule is CCCCNC(=O)N(CCC)N1CC(=O)N2[C@@H](Cc3ccc(OC)cc3)C(=O)N(Cc3cccc4sc(N)nc34)C[C@@H]21. The average Bonchev–Trinajstić information content (AvgIpc) is 3.53. The van der Waals surface area contributed by atoms with E-state index in [1.807, 2.05) is 54.4 Å². The van der Waals surface area contributed by atoms with Gasteiger partial charge >= 0.3 is 6.03 Å². The predicted octanol–water partition coefficient (Wildman–Crippen LogP) is 3.45. The van der Waals surface area contributed by atoms with Crippen LogP contribution in [0.25, 0.3) is 10.2 Å². The molecule has 2 aliphatic heterocycles. The summed E-state index contributed by atoms with van der Waals surface area (Å²) in [6.45, 7) is 5.73. The van der Waals surface area contributed by atoms with Crippen molar-refractivity contribution in [1.82, 2.24) is 30.1 Å². The highest BCUT2D eigenvalue weighted by molar-refractivity contribution is 7.22. The monoisotopic (exact) mass is 593 g/mol. The molecule has 2 fully saturated rings. The minimum Gasteiger partial charge on any atom is -0.497 e. The maximum atomic E-state index is 14.2. The molecule has 2 aliphatic rings. The van der Waals surface area contributed by atoms with Gasteiger partial charge in [-0.15, -0.1) is 0 Å². The first kappa shape index (κ1) is 29.6. The largest absolute Gasteiger partial charge is 0.497 e. The zero-order valence-electron chi connectivity index (χ0n) is 24.4. The van der Waals surface area contributed by atoms with Crippen LogP contribution in [-0.4, -0.2) is 88.1 Å². The van der Waals surface area contributed by atoms with Gasteiger partial charge in [0, 0.05) is 26.1 Å². The lowest BCUT2D eigenvalue weighted by Gasteiger charge is -2.46. The average molecular weight is 594 g/mol. The predicted molar refractivity (Wildman–Crippen MR) is 163 cm³/mol. The van der Waals surface area contributed by atoms with Crippen molar-refractivity contribution in [3.63, 3.8) is 0 Å². The van der Waals surface area contributed by atoms with E-state index in [0.717, 1.165) is 46.4 Å². The van der Waals surface area contributed by atoms with E-state index in [1.165, 1.54) is 11.3 Å². The van der Waals surface area contributed by atoms with E-state index in [2.05, 4.69) is 17.2 Å². The molecule has 5 rings (SSSR count). The number of carbonyl (C=O) groups excluding carboxylic acids is 3. The number of carbonyl (C=O) groups is 3. The summed E-state index contributed by atoms with van der Waals surface area (Å²) in [6.07, 6.45) is 2.43. The summed E-state index contributed by atoms with van der Waals surface area (Å²) in [5.74, 6) is 0.423. The molecular formula is C30H39N7O4S. The molecule has 12 heteroatoms. The quantitative estimate of drug-likeness (QED) is 0.327. The van der Waals surface area contributed by atoms with Crippen molar-refractivity contribution < 1.29 is 19.1 Å². The number of amides is 4. The number of methoxy groups -OCH3 is 1. The number of benzene rings is 2. The summed E-state index contributed by atoms with van der Waals surface area (Å²) in [6, 6.07) is 12.5. The van der Waals surface area contributed by atoms with Crippen molar-refractivity contribution in [2.45, 2.75) is 58.3 Å². The number of hydrazine groups is 1. The Balaban J connectivity index is 1.48. The van der Waals surface area contributed by atoms with Crippen LogP contribution in [0.2, 0.25) is 0 Å². The van der Waals surface area contributed by atoms with Crippen LogP contribution < -0.4 is 15.8 Å². The molecule has 0 unspecified atom stereocenters. The lowest BCUT2D eigenvalue weighted by atomic mass is 9.99. The third kappa shape index (κ3) is 6.00. The topological polar surface area (TPSA) is 124 Å². The Morgan fingerprint density at radius 3 is 2.67 bits per heavy atom. The maximum Gasteiger partial charge on any atom is 0.332 e. The maximum absolute atomic E-state index is 14.2. The van der Waals surface area contributed by atoms with Crippen molar-refractivity contribution >= 4 is 44.5 Å². The second-order valence-corrected chi connectivity index (χ2v) is 11.8. The molecule has 0 aliphatic carbocycles. The van der Waals surface area contributed by atoms with Crippen molar-refractivity contribution in [3.8, 4) is 5.75 Å². The van der Waals surface area contributed by atoms with Crippen LogP contribution in [0.4, 0.5) is 9.93 Å². The number of unbranched alkanes of at least 4 members (excludes halogenated alkanes) is 1. The zero-order chi connectivity index (χ0) is 29.8. The molecule has 42 heavy (non-hydrogen) atoms. The summed E-state index contributed by atoms with van der Waals surface area (Å²) >= 11 is 1.41. The lowest BCUT2D eigenvalue weighted by molar-refractivity contribution is -0.157. The highest BCUT2D eigenvalue weighted by Crippen LogP contribution is 2.32. The van der Waals surface area contributed by atoms with Crippen LogP contribution in [-0.2, 0) is 22.6 Å². The van der Waals surface area contributed by atoms with Gasteiger partial charge in [-0.05, 0) is 42.2 Å². The van der Waals surface area contributed by atoms with Gasteiger partial charge in [-0.3, -0.25) is 14.6 Å². The second kappa shape index (κ2) is 13.0. The highest BCUT2D eigenvalue weighted by atomic mass is 32.1. The number of ether oxygens (including phenoxy) is 1. The van der Waals surface area contributed by atoms with Crippen LogP contribution in [0.3, 0.4) is 0 Å². The number of hydrogen-bond donors (Lipinski definition) is 2. The van der Waals surface area contributed by atoms with Gasteiger partial charge in [0.15, 0.2) is 5.13 Å². The number of hydrogen-bond acceptors (Lipinski definition) is 8. The van der Waals surface area contributed by atoms with E-state index in [0.29, 0.717) is 31.2 Å². The molecule has 3 aromatic rings. The third-order valence-corrected chi connectivity index (χ3v) is 8.67. The third-order valence-electron chi connectivity index (χ3n) is 7.82. The van der Waals surface area contributed by atoms with Gasteiger partial charge in [0.2, 0.25) is 11.8 Å². The Morgan fingerprint density at radius 2 is 1.95 bits per heavy atom. The molecular weight excluding hydrogens is 554 g/mol. The van der Waals surface area contributed by atoms with Crippen molar-refractivity contribution in [1.29, 1.82) is 0 Å². The van der Waals surface area contributed by atoms with Gasteiger partial charge in [-0.1, -0.05) is 55.9 Å². The van der Waals surface area contributed by atoms with Crippen LogP contribution in [0, 0.1) is 0 Å². The van der Waals surface area contributed by atoms with Crippen LogP contribution in [0.1, 0.15) is 44.2 Å². The number of piperazine rings is 1. The molecule has 0 spiro atoms. The Bertz CT molecular complexity index is 1430. The smallest absolute Gasteiger partial charge is 0.332 e. The Morgan fingerprint density at radius 1 is 1.17 bits per heavy atom. The fourth-order valence-corrected chi connectivity index (χ4v) is 6.54. The first-order valence-electron chi connectivity index (χ1n) is 14.5. The first-order chi connectivity index (χ1) is 20.3. The van der Waals surface area contributed by atoms with Crippen molar-refractivity contribution in [2.24, 2.45) is 0 Å². The van der Waals surface area contributed by atoms with Crippen LogP contribution in [0.15, 0.2) is 42.5 Å². The second-order valence-electron chi connectivity index (χ2n) is 10.7. The Hall–Kier alpha value is -3.90. The fraction of sp³-hybridized carbons (Fsp3) is 0.467. The number of nitrogens with two attached hydrogens (primary N) is 1. The molecule has 224 valence electrons. The van der Waals surface area contributed by atoms with E-state index in [-0.39, 0.29) is 30.9 Å². The van der Waals surface area contributed by atoms with Gasteiger partial charge < -0.3 is 25.6 Å². The van der Waals surface area contributed by atoms with Gasteiger partial charge in [-0.2, -0.15) is 5.01 Å². The van der Waals surface area contributed by atoms with Crippen molar-refractivity contribution in [2.75, 3.05) is 39.0 Å². The summed E-state index contributed by atoms with van der Waals surface area (Å²) in [7, 11) is 1.61. The molecule has 2 saturated heterocycles. The molecule has 2 aromatic carbocycles. The molecule has 0 radical (unpaired) electrons. The number of urea groups is 1. The van der Waals surface area contributed by atoms with E-state index in [4.69, 9.17) is 10.5 Å². The highest BCUT2D eigenvalue weighted by Gasteiger charge is 2.52. The molecule has 3 heterocycles. The number of aromatic nitrogens is 1. The van der Waals surface area contributed by atoms with Gasteiger partial charge in [-0.25, -0.2) is 9.78 Å². The Kier molecular flexibility index (Phi) is 9.12. The zero-order valence-corrected chi connectivity index (χ0v) is 25.2. The molecule has 11 nitrogen and oxygen atoms in total. The van der Waals surface area contributed by atoms with Crippen LogP contribution >= 0.6 is 11.3 Å². The molecule has 2 atom stereocenters. The van der Waals surface area contributed by atoms with Crippen molar-refractivity contribution in [3.05, 3.63) is 53.6 Å². The summed E-state index contributed by atoms with van der Waals surface area (Å²) in [5, 5.41) is 6.97. The Labute approximate surface area is 250 Å². The number of para-hydroxylation sites is 1. The minimum atomic E-state index is -0.721. The summed E-state index contributed by atoms with van der Waals surface area (Å²) in [4.78, 5) is 49.1. The molecule has 0 saturated carbocycles. The number of nitrogen functional groups attached to an aromatic ring is 1. The van der Waals surface area contributed by atoms with Gasteiger partial charge in [0.05, 0.1) is 30.4 Å². The number of thiazole rings is 1. The molecule has 4 amide bonds. The molecule has 3 N–H and O–H groups in total. The number of rotatable bonds is 11. The van der Waals surface area contributed by atoms with Gasteiger partial charge in [0.1, 0.15) is 18.0 Å². The number of fused-ring (bicyclic) bond motifs is 2. The lowest BCUT2D eigenvalue weighted by Crippen LogP contribution is -2.66. The minimum absolute atomic E-state index is 0.0320. The number of nitrogens with one attached hydrogen (secondary N) is 1. The van der Waals surface area contributed by atoms with E-state index in [9.17, 15) is 14.4 Å². The normalized spacial score (nSPS) is 18.9. The van der Waals surface area contributed by atoms with E-state index >= 15 is 0 Å². The summed E-state index contributed by atoms with van der Waals surface area (Å²) in [5.41, 5.74) is 8.60. The number of nitrogens with zero attached hydrogens (tertiary/aromatic N) is 5. The fourth-order valence-electron chi connectivity index (χ4n) is 5.75. The van der Waals surface area contributed by atoms with E-state index < -0.39 is 12.2 Å². The van der Waals surface area contributed by atoms with E-state index in [1.54, 1.807) is 21.9 Å². The molecule has 0 bridgehead atoms.